The third-order valence-electron chi connectivity index (χ3n) is 5.60. The predicted octanol–water partition coefficient (Wildman–Crippen LogP) is 4.90. The number of hydrogen-bond acceptors (Lipinski definition) is 5. The van der Waals surface area contributed by atoms with Crippen LogP contribution in [0.25, 0.3) is 11.0 Å². The van der Waals surface area contributed by atoms with E-state index in [1.807, 2.05) is 29.8 Å². The van der Waals surface area contributed by atoms with E-state index in [9.17, 15) is 13.6 Å². The first kappa shape index (κ1) is 21.6. The van der Waals surface area contributed by atoms with Gasteiger partial charge in [-0.1, -0.05) is 0 Å². The van der Waals surface area contributed by atoms with Crippen molar-refractivity contribution in [1.29, 1.82) is 0 Å². The number of nitrogens with zero attached hydrogens (tertiary/aromatic N) is 5. The van der Waals surface area contributed by atoms with Gasteiger partial charge in [-0.25, -0.2) is 23.5 Å². The average molecular weight is 465 g/mol. The van der Waals surface area contributed by atoms with E-state index >= 15 is 0 Å². The highest BCUT2D eigenvalue weighted by molar-refractivity contribution is 6.10. The molecule has 2 aromatic heterocycles. The number of pyridine rings is 1. The number of aryl methyl sites for hydroxylation is 1. The van der Waals surface area contributed by atoms with Gasteiger partial charge in [-0.05, 0) is 48.5 Å². The molecule has 0 N–H and O–H groups in total. The lowest BCUT2D eigenvalue weighted by atomic mass is 10.1. The van der Waals surface area contributed by atoms with Crippen LogP contribution in [0.2, 0.25) is 0 Å². The van der Waals surface area contributed by atoms with Crippen LogP contribution in [-0.4, -0.2) is 40.7 Å². The van der Waals surface area contributed by atoms with Gasteiger partial charge in [0.2, 0.25) is 5.88 Å². The van der Waals surface area contributed by atoms with Crippen molar-refractivity contribution in [2.45, 2.75) is 13.0 Å². The largest absolute Gasteiger partial charge is 0.497 e. The van der Waals surface area contributed by atoms with Gasteiger partial charge in [0.05, 0.1) is 36.7 Å². The van der Waals surface area contributed by atoms with E-state index in [0.717, 1.165) is 16.6 Å². The Morgan fingerprint density at radius 2 is 1.82 bits per heavy atom. The van der Waals surface area contributed by atoms with Crippen LogP contribution in [0.15, 0.2) is 60.9 Å². The minimum Gasteiger partial charge on any atom is -0.497 e. The molecule has 174 valence electrons. The van der Waals surface area contributed by atoms with Crippen LogP contribution in [0, 0.1) is 0 Å². The highest BCUT2D eigenvalue weighted by atomic mass is 19.3. The number of hydrogen-bond donors (Lipinski definition) is 0. The SMILES string of the molecule is COc1ccc(N2C(=O)N(c3ccc4ncn(C)c4c3)Cc3ccc(OCC(F)F)nc32)cc1. The molecule has 4 aromatic rings. The number of aromatic nitrogens is 3. The monoisotopic (exact) mass is 465 g/mol. The summed E-state index contributed by atoms with van der Waals surface area (Å²) in [5.74, 6) is 0.990. The maximum Gasteiger partial charge on any atom is 0.335 e. The standard InChI is InChI=1S/C24H21F2N5O3/c1-29-14-27-19-9-6-17(11-20(19)29)30-12-15-3-10-22(34-13-21(25)26)28-23(15)31(24(30)32)16-4-7-18(33-2)8-5-16/h3-11,14,21H,12-13H2,1-2H3. The van der Waals surface area contributed by atoms with Crippen molar-refractivity contribution in [2.24, 2.45) is 7.05 Å². The normalized spacial score (nSPS) is 13.5. The number of amides is 2. The smallest absolute Gasteiger partial charge is 0.335 e. The summed E-state index contributed by atoms with van der Waals surface area (Å²) in [6, 6.07) is 15.5. The fraction of sp³-hybridized carbons (Fsp3) is 0.208. The second-order valence-corrected chi connectivity index (χ2v) is 7.76. The second-order valence-electron chi connectivity index (χ2n) is 7.76. The van der Waals surface area contributed by atoms with E-state index in [1.165, 1.54) is 11.0 Å². The Hall–Kier alpha value is -4.21. The van der Waals surface area contributed by atoms with Crippen molar-refractivity contribution in [3.8, 4) is 11.6 Å². The van der Waals surface area contributed by atoms with Gasteiger partial charge in [0.25, 0.3) is 6.43 Å². The molecular formula is C24H21F2N5O3. The molecule has 0 saturated carbocycles. The van der Waals surface area contributed by atoms with Crippen LogP contribution in [0.1, 0.15) is 5.56 Å². The van der Waals surface area contributed by atoms with E-state index < -0.39 is 13.0 Å². The van der Waals surface area contributed by atoms with Crippen LogP contribution >= 0.6 is 0 Å². The number of ether oxygens (including phenoxy) is 2. The number of alkyl halides is 2. The van der Waals surface area contributed by atoms with E-state index in [-0.39, 0.29) is 18.5 Å². The number of halogens is 2. The van der Waals surface area contributed by atoms with Crippen LogP contribution in [0.5, 0.6) is 11.6 Å². The summed E-state index contributed by atoms with van der Waals surface area (Å²) < 4.78 is 37.5. The molecular weight excluding hydrogens is 444 g/mol. The number of methoxy groups -OCH3 is 1. The number of urea groups is 1. The summed E-state index contributed by atoms with van der Waals surface area (Å²) >= 11 is 0. The molecule has 2 aromatic carbocycles. The number of benzene rings is 2. The first-order valence-electron chi connectivity index (χ1n) is 10.5. The van der Waals surface area contributed by atoms with Crippen LogP contribution in [-0.2, 0) is 13.6 Å². The maximum absolute atomic E-state index is 13.8. The van der Waals surface area contributed by atoms with Gasteiger partial charge in [0, 0.05) is 24.4 Å². The number of carbonyl (C=O) groups excluding carboxylic acids is 1. The second kappa shape index (κ2) is 8.62. The average Bonchev–Trinajstić information content (AvgIpc) is 3.22. The molecule has 0 bridgehead atoms. The van der Waals surface area contributed by atoms with Gasteiger partial charge >= 0.3 is 6.03 Å². The topological polar surface area (TPSA) is 72.7 Å². The third-order valence-corrected chi connectivity index (χ3v) is 5.60. The molecule has 1 aliphatic rings. The molecule has 0 aliphatic carbocycles. The quantitative estimate of drug-likeness (QED) is 0.405. The Morgan fingerprint density at radius 1 is 1.06 bits per heavy atom. The Bertz CT molecular complexity index is 1360. The van der Waals surface area contributed by atoms with Crippen molar-refractivity contribution >= 4 is 34.3 Å². The van der Waals surface area contributed by atoms with Crippen LogP contribution in [0.4, 0.5) is 30.8 Å². The minimum atomic E-state index is -2.63. The molecule has 3 heterocycles. The zero-order chi connectivity index (χ0) is 23.8. The summed E-state index contributed by atoms with van der Waals surface area (Å²) in [5, 5.41) is 0. The van der Waals surface area contributed by atoms with E-state index in [4.69, 9.17) is 9.47 Å². The lowest BCUT2D eigenvalue weighted by molar-refractivity contribution is 0.0796. The minimum absolute atomic E-state index is 0.0233. The molecule has 0 radical (unpaired) electrons. The summed E-state index contributed by atoms with van der Waals surface area (Å²) in [6.07, 6.45) is -0.911. The molecule has 0 saturated heterocycles. The third kappa shape index (κ3) is 3.87. The molecule has 34 heavy (non-hydrogen) atoms. The van der Waals surface area contributed by atoms with Gasteiger partial charge in [0.1, 0.15) is 11.6 Å². The number of anilines is 3. The molecule has 0 atom stereocenters. The van der Waals surface area contributed by atoms with Crippen LogP contribution < -0.4 is 19.3 Å². The Kier molecular flexibility index (Phi) is 5.48. The van der Waals surface area contributed by atoms with E-state index in [2.05, 4.69) is 9.97 Å². The summed E-state index contributed by atoms with van der Waals surface area (Å²) in [6.45, 7) is -0.522. The highest BCUT2D eigenvalue weighted by Crippen LogP contribution is 2.38. The molecule has 10 heteroatoms. The summed E-state index contributed by atoms with van der Waals surface area (Å²) in [4.78, 5) is 25.6. The molecule has 1 aliphatic heterocycles. The van der Waals surface area contributed by atoms with E-state index in [0.29, 0.717) is 22.9 Å². The molecule has 0 fully saturated rings. The van der Waals surface area contributed by atoms with Crippen molar-refractivity contribution in [3.05, 3.63) is 66.5 Å². The maximum atomic E-state index is 13.8. The van der Waals surface area contributed by atoms with Crippen molar-refractivity contribution in [3.63, 3.8) is 0 Å². The van der Waals surface area contributed by atoms with Crippen LogP contribution in [0.3, 0.4) is 0 Å². The molecule has 8 nitrogen and oxygen atoms in total. The number of fused-ring (bicyclic) bond motifs is 2. The van der Waals surface area contributed by atoms with Gasteiger partial charge in [-0.3, -0.25) is 4.90 Å². The zero-order valence-electron chi connectivity index (χ0n) is 18.5. The lowest BCUT2D eigenvalue weighted by Gasteiger charge is -2.36. The Morgan fingerprint density at radius 3 is 2.56 bits per heavy atom. The molecule has 2 amide bonds. The molecule has 5 rings (SSSR count). The van der Waals surface area contributed by atoms with Gasteiger partial charge in [-0.2, -0.15) is 4.98 Å². The molecule has 0 spiro atoms. The number of imidazole rings is 1. The van der Waals surface area contributed by atoms with E-state index in [1.54, 1.807) is 48.7 Å². The molecule has 0 unspecified atom stereocenters. The lowest BCUT2D eigenvalue weighted by Crippen LogP contribution is -2.45. The van der Waals surface area contributed by atoms with Crippen molar-refractivity contribution in [2.75, 3.05) is 23.5 Å². The fourth-order valence-corrected chi connectivity index (χ4v) is 3.90. The van der Waals surface area contributed by atoms with Gasteiger partial charge in [-0.15, -0.1) is 0 Å². The first-order valence-corrected chi connectivity index (χ1v) is 10.5. The van der Waals surface area contributed by atoms with Crippen molar-refractivity contribution < 1.29 is 23.0 Å². The predicted molar refractivity (Wildman–Crippen MR) is 123 cm³/mol. The highest BCUT2D eigenvalue weighted by Gasteiger charge is 2.34. The summed E-state index contributed by atoms with van der Waals surface area (Å²) in [5.41, 5.74) is 3.71. The first-order chi connectivity index (χ1) is 16.4. The summed E-state index contributed by atoms with van der Waals surface area (Å²) in [7, 11) is 3.45. The Labute approximate surface area is 194 Å². The fourth-order valence-electron chi connectivity index (χ4n) is 3.90. The zero-order valence-corrected chi connectivity index (χ0v) is 18.5. The number of carbonyl (C=O) groups is 1. The van der Waals surface area contributed by atoms with Gasteiger partial charge in [0.15, 0.2) is 6.61 Å². The van der Waals surface area contributed by atoms with Gasteiger partial charge < -0.3 is 14.0 Å². The number of rotatable bonds is 6. The Balaban J connectivity index is 1.59. The van der Waals surface area contributed by atoms with Crippen molar-refractivity contribution in [1.82, 2.24) is 14.5 Å².